The Balaban J connectivity index is 2.11. The van der Waals surface area contributed by atoms with Crippen LogP contribution in [0.1, 0.15) is 6.92 Å². The van der Waals surface area contributed by atoms with Gasteiger partial charge in [-0.1, -0.05) is 34.4 Å². The molecule has 11 heavy (non-hydrogen) atoms. The molecular weight excluding hydrogens is 291 g/mol. The van der Waals surface area contributed by atoms with Crippen LogP contribution < -0.4 is 0 Å². The highest BCUT2D eigenvalue weighted by Gasteiger charge is 2.37. The summed E-state index contributed by atoms with van der Waals surface area (Å²) >= 11 is 6.35. The monoisotopic (exact) mass is 300 g/mol. The third-order valence-electron chi connectivity index (χ3n) is 1.73. The number of nitrogens with zero attached hydrogens (tertiary/aromatic N) is 2. The molecule has 2 aliphatic heterocycles. The summed E-state index contributed by atoms with van der Waals surface area (Å²) in [6.45, 7) is 2.09. The highest BCUT2D eigenvalue weighted by molar-refractivity contribution is 14.1. The lowest BCUT2D eigenvalue weighted by Crippen LogP contribution is -2.28. The van der Waals surface area contributed by atoms with E-state index in [4.69, 9.17) is 0 Å². The van der Waals surface area contributed by atoms with Crippen molar-refractivity contribution in [2.75, 3.05) is 10.2 Å². The molecule has 2 nitrogen and oxygen atoms in total. The lowest BCUT2D eigenvalue weighted by atomic mass is 10.4. The SMILES string of the molecule is CC1=NN2C(CI)CSC2S1. The number of thioether (sulfide) groups is 2. The molecule has 0 saturated carbocycles. The number of alkyl halides is 1. The van der Waals surface area contributed by atoms with Crippen molar-refractivity contribution in [3.8, 4) is 0 Å². The summed E-state index contributed by atoms with van der Waals surface area (Å²) in [6.07, 6.45) is 0. The van der Waals surface area contributed by atoms with Crippen LogP contribution in [0.3, 0.4) is 0 Å². The normalized spacial score (nSPS) is 35.8. The van der Waals surface area contributed by atoms with E-state index in [0.29, 0.717) is 10.7 Å². The van der Waals surface area contributed by atoms with Gasteiger partial charge in [0.1, 0.15) is 4.71 Å². The Hall–Kier alpha value is 0.900. The number of fused-ring (bicyclic) bond motifs is 1. The van der Waals surface area contributed by atoms with Gasteiger partial charge in [-0.05, 0) is 6.92 Å². The largest absolute Gasteiger partial charge is 0.268 e. The summed E-state index contributed by atoms with van der Waals surface area (Å²) in [4.78, 5) is 0. The van der Waals surface area contributed by atoms with Crippen LogP contribution in [-0.4, -0.2) is 31.0 Å². The smallest absolute Gasteiger partial charge is 0.144 e. The Kier molecular flexibility index (Phi) is 2.58. The van der Waals surface area contributed by atoms with E-state index in [1.54, 1.807) is 0 Å². The van der Waals surface area contributed by atoms with Crippen LogP contribution in [0, 0.1) is 0 Å². The van der Waals surface area contributed by atoms with Gasteiger partial charge in [0, 0.05) is 10.2 Å². The van der Waals surface area contributed by atoms with Crippen LogP contribution >= 0.6 is 46.1 Å². The van der Waals surface area contributed by atoms with E-state index in [0.717, 1.165) is 0 Å². The molecule has 2 atom stereocenters. The molecule has 0 aromatic rings. The standard InChI is InChI=1S/C6H9IN2S2/c1-4-8-9-5(2-7)3-10-6(9)11-4/h5-6H,2-3H2,1H3. The van der Waals surface area contributed by atoms with Crippen molar-refractivity contribution in [2.24, 2.45) is 5.10 Å². The molecule has 2 unspecified atom stereocenters. The molecule has 0 radical (unpaired) electrons. The maximum Gasteiger partial charge on any atom is 0.144 e. The fraction of sp³-hybridized carbons (Fsp3) is 0.833. The van der Waals surface area contributed by atoms with Crippen LogP contribution in [0.4, 0.5) is 0 Å². The first-order valence-electron chi connectivity index (χ1n) is 3.49. The van der Waals surface area contributed by atoms with Crippen LogP contribution in [0.2, 0.25) is 0 Å². The molecule has 0 amide bonds. The lowest BCUT2D eigenvalue weighted by molar-refractivity contribution is 0.293. The Morgan fingerprint density at radius 3 is 3.36 bits per heavy atom. The van der Waals surface area contributed by atoms with Gasteiger partial charge < -0.3 is 0 Å². The van der Waals surface area contributed by atoms with Crippen LogP contribution in [-0.2, 0) is 0 Å². The summed E-state index contributed by atoms with van der Waals surface area (Å²) in [5.74, 6) is 1.25. The Labute approximate surface area is 88.7 Å². The maximum absolute atomic E-state index is 4.49. The van der Waals surface area contributed by atoms with Gasteiger partial charge in [0.2, 0.25) is 0 Å². The average molecular weight is 300 g/mol. The fourth-order valence-electron chi connectivity index (χ4n) is 1.18. The minimum absolute atomic E-state index is 0.592. The van der Waals surface area contributed by atoms with Gasteiger partial charge in [0.05, 0.1) is 11.1 Å². The summed E-state index contributed by atoms with van der Waals surface area (Å²) in [7, 11) is 0. The van der Waals surface area contributed by atoms with E-state index in [2.05, 4.69) is 39.6 Å². The molecular formula is C6H9IN2S2. The molecule has 0 aromatic carbocycles. The second-order valence-corrected chi connectivity index (χ2v) is 6.13. The quantitative estimate of drug-likeness (QED) is 0.545. The third kappa shape index (κ3) is 1.51. The summed E-state index contributed by atoms with van der Waals surface area (Å²) < 4.78 is 1.79. The average Bonchev–Trinajstić information content (AvgIpc) is 2.45. The minimum Gasteiger partial charge on any atom is -0.268 e. The molecule has 5 heteroatoms. The van der Waals surface area contributed by atoms with Gasteiger partial charge in [-0.2, -0.15) is 5.10 Å². The van der Waals surface area contributed by atoms with E-state index in [1.807, 2.05) is 23.5 Å². The number of rotatable bonds is 1. The second kappa shape index (κ2) is 3.33. The molecule has 2 heterocycles. The Morgan fingerprint density at radius 1 is 1.82 bits per heavy atom. The maximum atomic E-state index is 4.49. The molecule has 0 aromatic heterocycles. The van der Waals surface area contributed by atoms with E-state index < -0.39 is 0 Å². The number of hydrazone groups is 1. The zero-order valence-corrected chi connectivity index (χ0v) is 9.95. The van der Waals surface area contributed by atoms with Crippen LogP contribution in [0.5, 0.6) is 0 Å². The van der Waals surface area contributed by atoms with Crippen molar-refractivity contribution in [3.63, 3.8) is 0 Å². The first-order valence-corrected chi connectivity index (χ1v) is 6.94. The van der Waals surface area contributed by atoms with Crippen molar-refractivity contribution < 1.29 is 0 Å². The molecule has 62 valence electrons. The summed E-state index contributed by atoms with van der Waals surface area (Å²) in [5.41, 5.74) is 0. The minimum atomic E-state index is 0.592. The fourth-order valence-corrected chi connectivity index (χ4v) is 5.04. The van der Waals surface area contributed by atoms with E-state index >= 15 is 0 Å². The highest BCUT2D eigenvalue weighted by Crippen LogP contribution is 2.42. The zero-order valence-electron chi connectivity index (χ0n) is 6.16. The Morgan fingerprint density at radius 2 is 2.64 bits per heavy atom. The third-order valence-corrected chi connectivity index (χ3v) is 5.36. The predicted molar refractivity (Wildman–Crippen MR) is 61.5 cm³/mol. The van der Waals surface area contributed by atoms with Gasteiger partial charge in [-0.15, -0.1) is 11.8 Å². The lowest BCUT2D eigenvalue weighted by Gasteiger charge is -2.17. The molecule has 1 fully saturated rings. The highest BCUT2D eigenvalue weighted by atomic mass is 127. The Bertz CT molecular complexity index is 197. The molecule has 0 bridgehead atoms. The van der Waals surface area contributed by atoms with Crippen molar-refractivity contribution in [2.45, 2.75) is 17.7 Å². The summed E-state index contributed by atoms with van der Waals surface area (Å²) in [5, 5.41) is 7.97. The van der Waals surface area contributed by atoms with Gasteiger partial charge in [-0.3, -0.25) is 5.01 Å². The number of hydrogen-bond donors (Lipinski definition) is 0. The summed E-state index contributed by atoms with van der Waals surface area (Å²) in [6, 6.07) is 0.676. The van der Waals surface area contributed by atoms with Crippen molar-refractivity contribution >= 4 is 51.2 Å². The first kappa shape index (κ1) is 8.50. The van der Waals surface area contributed by atoms with Crippen LogP contribution in [0.15, 0.2) is 5.10 Å². The van der Waals surface area contributed by atoms with E-state index in [9.17, 15) is 0 Å². The predicted octanol–water partition coefficient (Wildman–Crippen LogP) is 2.20. The molecule has 0 spiro atoms. The number of hydrogen-bond acceptors (Lipinski definition) is 4. The van der Waals surface area contributed by atoms with Crippen molar-refractivity contribution in [3.05, 3.63) is 0 Å². The van der Waals surface area contributed by atoms with Crippen molar-refractivity contribution in [1.82, 2.24) is 5.01 Å². The first-order chi connectivity index (χ1) is 5.31. The van der Waals surface area contributed by atoms with Gasteiger partial charge >= 0.3 is 0 Å². The second-order valence-electron chi connectivity index (χ2n) is 2.57. The molecule has 1 saturated heterocycles. The molecule has 2 rings (SSSR count). The van der Waals surface area contributed by atoms with Crippen LogP contribution in [0.25, 0.3) is 0 Å². The topological polar surface area (TPSA) is 15.6 Å². The zero-order chi connectivity index (χ0) is 7.84. The van der Waals surface area contributed by atoms with Gasteiger partial charge in [-0.25, -0.2) is 0 Å². The van der Waals surface area contributed by atoms with Crippen molar-refractivity contribution in [1.29, 1.82) is 0 Å². The molecule has 2 aliphatic rings. The molecule has 0 N–H and O–H groups in total. The van der Waals surface area contributed by atoms with E-state index in [1.165, 1.54) is 15.2 Å². The van der Waals surface area contributed by atoms with Gasteiger partial charge in [0.25, 0.3) is 0 Å². The molecule has 0 aliphatic carbocycles. The van der Waals surface area contributed by atoms with Gasteiger partial charge in [0.15, 0.2) is 0 Å². The van der Waals surface area contributed by atoms with E-state index in [-0.39, 0.29) is 0 Å². The number of halogens is 1.